The molecule has 2 rings (SSSR count). The molecule has 0 N–H and O–H groups in total. The Morgan fingerprint density at radius 1 is 0.783 bits per heavy atom. The lowest BCUT2D eigenvalue weighted by Crippen LogP contribution is -2.48. The summed E-state index contributed by atoms with van der Waals surface area (Å²) in [5, 5.41) is 0. The molecule has 0 amide bonds. The average Bonchev–Trinajstić information content (AvgIpc) is 2.43. The molecule has 0 aromatic heterocycles. The molecule has 0 atom stereocenters. The van der Waals surface area contributed by atoms with Gasteiger partial charge in [-0.15, -0.1) is 0 Å². The third-order valence-electron chi connectivity index (χ3n) is 3.11. The summed E-state index contributed by atoms with van der Waals surface area (Å²) in [5.41, 5.74) is -6.17. The fourth-order valence-electron chi connectivity index (χ4n) is 2.01. The van der Waals surface area contributed by atoms with Crippen LogP contribution in [0.2, 0.25) is 0 Å². The second-order valence-corrected chi connectivity index (χ2v) is 4.64. The molecule has 1 aromatic carbocycles. The molecular formula is C12H3F11. The van der Waals surface area contributed by atoms with Crippen molar-refractivity contribution in [3.8, 4) is 0 Å². The van der Waals surface area contributed by atoms with E-state index in [0.717, 1.165) is 0 Å². The molecule has 0 saturated carbocycles. The molecule has 0 fully saturated rings. The molecule has 0 aliphatic heterocycles. The van der Waals surface area contributed by atoms with Gasteiger partial charge in [0.15, 0.2) is 0 Å². The monoisotopic (exact) mass is 356 g/mol. The standard InChI is InChI=1S/C12H3F11/c13-6-1-4(2-7(14)8(6)11(19,20)21)5-3-9(15,16)12(22,23)10(5,17)18/h1-3H. The molecule has 0 nitrogen and oxygen atoms in total. The molecule has 11 heteroatoms. The van der Waals surface area contributed by atoms with Gasteiger partial charge in [-0.05, 0) is 17.7 Å². The summed E-state index contributed by atoms with van der Waals surface area (Å²) in [4.78, 5) is 0. The van der Waals surface area contributed by atoms with Crippen LogP contribution in [0, 0.1) is 11.6 Å². The van der Waals surface area contributed by atoms with Crippen molar-refractivity contribution < 1.29 is 48.3 Å². The van der Waals surface area contributed by atoms with E-state index in [1.165, 1.54) is 0 Å². The molecule has 1 aliphatic rings. The summed E-state index contributed by atoms with van der Waals surface area (Å²) < 4.78 is 142. The van der Waals surface area contributed by atoms with Gasteiger partial charge in [-0.3, -0.25) is 0 Å². The molecule has 0 spiro atoms. The second kappa shape index (κ2) is 4.60. The third-order valence-corrected chi connectivity index (χ3v) is 3.11. The van der Waals surface area contributed by atoms with Crippen LogP contribution in [0.3, 0.4) is 0 Å². The first kappa shape index (κ1) is 17.5. The molecule has 0 heterocycles. The summed E-state index contributed by atoms with van der Waals surface area (Å²) in [7, 11) is 0. The number of hydrogen-bond donors (Lipinski definition) is 0. The lowest BCUT2D eigenvalue weighted by molar-refractivity contribution is -0.257. The van der Waals surface area contributed by atoms with Gasteiger partial charge in [0.1, 0.15) is 17.2 Å². The fraction of sp³-hybridized carbons (Fsp3) is 0.333. The summed E-state index contributed by atoms with van der Waals surface area (Å²) in [6.45, 7) is 0. The van der Waals surface area contributed by atoms with Gasteiger partial charge in [-0.2, -0.15) is 39.5 Å². The lowest BCUT2D eigenvalue weighted by atomic mass is 9.99. The summed E-state index contributed by atoms with van der Waals surface area (Å²) >= 11 is 0. The Kier molecular flexibility index (Phi) is 3.51. The van der Waals surface area contributed by atoms with Crippen LogP contribution in [0.1, 0.15) is 11.1 Å². The lowest BCUT2D eigenvalue weighted by Gasteiger charge is -2.25. The maximum absolute atomic E-state index is 13.4. The molecule has 0 radical (unpaired) electrons. The SMILES string of the molecule is Fc1cc(C2=CC(F)(F)C(F)(F)C2(F)F)cc(F)c1C(F)(F)F. The predicted molar refractivity (Wildman–Crippen MR) is 54.2 cm³/mol. The van der Waals surface area contributed by atoms with E-state index in [-0.39, 0.29) is 12.1 Å². The smallest absolute Gasteiger partial charge is 0.206 e. The summed E-state index contributed by atoms with van der Waals surface area (Å²) in [5.74, 6) is -21.6. The highest BCUT2D eigenvalue weighted by molar-refractivity contribution is 5.76. The third kappa shape index (κ3) is 2.36. The number of hydrogen-bond acceptors (Lipinski definition) is 0. The van der Waals surface area contributed by atoms with Crippen LogP contribution in [0.25, 0.3) is 5.57 Å². The van der Waals surface area contributed by atoms with Crippen molar-refractivity contribution in [2.24, 2.45) is 0 Å². The van der Waals surface area contributed by atoms with Gasteiger partial charge >= 0.3 is 23.9 Å². The molecule has 1 aromatic rings. The minimum Gasteiger partial charge on any atom is -0.206 e. The molecule has 0 bridgehead atoms. The Labute approximate surface area is 120 Å². The van der Waals surface area contributed by atoms with E-state index in [4.69, 9.17) is 0 Å². The van der Waals surface area contributed by atoms with Gasteiger partial charge in [0.2, 0.25) is 0 Å². The van der Waals surface area contributed by atoms with Crippen LogP contribution in [-0.4, -0.2) is 17.8 Å². The van der Waals surface area contributed by atoms with Crippen LogP contribution >= 0.6 is 0 Å². The van der Waals surface area contributed by atoms with Crippen molar-refractivity contribution in [1.29, 1.82) is 0 Å². The zero-order valence-electron chi connectivity index (χ0n) is 10.4. The quantitative estimate of drug-likeness (QED) is 0.600. The first-order valence-electron chi connectivity index (χ1n) is 5.56. The van der Waals surface area contributed by atoms with E-state index in [1.807, 2.05) is 0 Å². The van der Waals surface area contributed by atoms with E-state index in [2.05, 4.69) is 0 Å². The van der Waals surface area contributed by atoms with Gasteiger partial charge in [0.05, 0.1) is 0 Å². The first-order chi connectivity index (χ1) is 10.1. The van der Waals surface area contributed by atoms with Gasteiger partial charge < -0.3 is 0 Å². The zero-order chi connectivity index (χ0) is 18.0. The average molecular weight is 356 g/mol. The fourth-order valence-corrected chi connectivity index (χ4v) is 2.01. The Bertz CT molecular complexity index is 658. The van der Waals surface area contributed by atoms with Crippen LogP contribution in [0.4, 0.5) is 48.3 Å². The van der Waals surface area contributed by atoms with E-state index in [0.29, 0.717) is 0 Å². The van der Waals surface area contributed by atoms with E-state index in [9.17, 15) is 48.3 Å². The van der Waals surface area contributed by atoms with Gasteiger partial charge in [0.25, 0.3) is 0 Å². The van der Waals surface area contributed by atoms with E-state index in [1.54, 1.807) is 0 Å². The Balaban J connectivity index is 2.66. The van der Waals surface area contributed by atoms with Crippen molar-refractivity contribution in [2.75, 3.05) is 0 Å². The summed E-state index contributed by atoms with van der Waals surface area (Å²) in [6, 6.07) is -0.716. The Hall–Kier alpha value is -1.81. The normalized spacial score (nSPS) is 22.1. The molecule has 0 unspecified atom stereocenters. The van der Waals surface area contributed by atoms with Crippen molar-refractivity contribution >= 4 is 5.57 Å². The van der Waals surface area contributed by atoms with Crippen LogP contribution in [-0.2, 0) is 6.18 Å². The number of rotatable bonds is 1. The van der Waals surface area contributed by atoms with Gasteiger partial charge in [0, 0.05) is 11.6 Å². The Morgan fingerprint density at radius 2 is 1.22 bits per heavy atom. The number of halogens is 11. The Morgan fingerprint density at radius 3 is 1.52 bits per heavy atom. The summed E-state index contributed by atoms with van der Waals surface area (Å²) in [6.07, 6.45) is -6.46. The topological polar surface area (TPSA) is 0 Å². The predicted octanol–water partition coefficient (Wildman–Crippen LogP) is 5.29. The van der Waals surface area contributed by atoms with Crippen molar-refractivity contribution in [2.45, 2.75) is 23.9 Å². The molecule has 23 heavy (non-hydrogen) atoms. The van der Waals surface area contributed by atoms with Crippen molar-refractivity contribution in [1.82, 2.24) is 0 Å². The van der Waals surface area contributed by atoms with Crippen molar-refractivity contribution in [3.05, 3.63) is 41.0 Å². The van der Waals surface area contributed by atoms with E-state index < -0.39 is 58.4 Å². The first-order valence-corrected chi connectivity index (χ1v) is 5.56. The minimum atomic E-state index is -5.90. The van der Waals surface area contributed by atoms with Crippen LogP contribution < -0.4 is 0 Å². The maximum Gasteiger partial charge on any atom is 0.422 e. The maximum atomic E-state index is 13.4. The van der Waals surface area contributed by atoms with Crippen LogP contribution in [0.15, 0.2) is 18.2 Å². The molecular weight excluding hydrogens is 353 g/mol. The number of alkyl halides is 9. The van der Waals surface area contributed by atoms with Crippen molar-refractivity contribution in [3.63, 3.8) is 0 Å². The highest BCUT2D eigenvalue weighted by Gasteiger charge is 2.76. The van der Waals surface area contributed by atoms with Gasteiger partial charge in [-0.1, -0.05) is 0 Å². The zero-order valence-corrected chi connectivity index (χ0v) is 10.4. The van der Waals surface area contributed by atoms with Crippen LogP contribution in [0.5, 0.6) is 0 Å². The number of allylic oxidation sites excluding steroid dienone is 2. The van der Waals surface area contributed by atoms with Gasteiger partial charge in [-0.25, -0.2) is 8.78 Å². The number of benzene rings is 1. The minimum absolute atomic E-state index is 0.358. The van der Waals surface area contributed by atoms with E-state index >= 15 is 0 Å². The second-order valence-electron chi connectivity index (χ2n) is 4.64. The highest BCUT2D eigenvalue weighted by atomic mass is 19.4. The molecule has 0 saturated heterocycles. The largest absolute Gasteiger partial charge is 0.422 e. The highest BCUT2D eigenvalue weighted by Crippen LogP contribution is 2.58. The molecule has 128 valence electrons. The molecule has 1 aliphatic carbocycles.